The highest BCUT2D eigenvalue weighted by atomic mass is 16.5. The van der Waals surface area contributed by atoms with Crippen molar-refractivity contribution in [2.24, 2.45) is 17.8 Å². The molecular formula is C27H30N2O5. The first-order valence-electron chi connectivity index (χ1n) is 12.1. The molecule has 0 bridgehead atoms. The van der Waals surface area contributed by atoms with E-state index in [0.29, 0.717) is 19.4 Å². The summed E-state index contributed by atoms with van der Waals surface area (Å²) in [6.45, 7) is 0.677. The van der Waals surface area contributed by atoms with Gasteiger partial charge in [-0.05, 0) is 53.4 Å². The van der Waals surface area contributed by atoms with Crippen LogP contribution >= 0.6 is 0 Å². The molecule has 4 atom stereocenters. The van der Waals surface area contributed by atoms with Crippen LogP contribution in [0.15, 0.2) is 48.5 Å². The Morgan fingerprint density at radius 1 is 0.941 bits per heavy atom. The molecule has 7 heteroatoms. The van der Waals surface area contributed by atoms with E-state index in [1.54, 1.807) is 0 Å². The van der Waals surface area contributed by atoms with Crippen molar-refractivity contribution in [2.75, 3.05) is 13.2 Å². The smallest absolute Gasteiger partial charge is 0.407 e. The fraction of sp³-hybridized carbons (Fsp3) is 0.444. The summed E-state index contributed by atoms with van der Waals surface area (Å²) in [7, 11) is 0. The second-order valence-corrected chi connectivity index (χ2v) is 9.72. The molecular weight excluding hydrogens is 432 g/mol. The van der Waals surface area contributed by atoms with Gasteiger partial charge >= 0.3 is 12.1 Å². The quantitative estimate of drug-likeness (QED) is 0.552. The summed E-state index contributed by atoms with van der Waals surface area (Å²) in [6.07, 6.45) is 3.18. The van der Waals surface area contributed by atoms with E-state index in [1.807, 2.05) is 24.3 Å². The van der Waals surface area contributed by atoms with Crippen LogP contribution in [0.4, 0.5) is 4.79 Å². The van der Waals surface area contributed by atoms with E-state index in [4.69, 9.17) is 9.84 Å². The largest absolute Gasteiger partial charge is 0.481 e. The predicted octanol–water partition coefficient (Wildman–Crippen LogP) is 3.92. The van der Waals surface area contributed by atoms with Crippen LogP contribution in [0.5, 0.6) is 0 Å². The van der Waals surface area contributed by atoms with Crippen LogP contribution in [0.3, 0.4) is 0 Å². The molecule has 0 aliphatic heterocycles. The number of amides is 2. The molecule has 2 amide bonds. The molecule has 2 saturated carbocycles. The summed E-state index contributed by atoms with van der Waals surface area (Å²) in [6, 6.07) is 16.4. The van der Waals surface area contributed by atoms with Crippen molar-refractivity contribution < 1.29 is 24.2 Å². The molecule has 2 fully saturated rings. The molecule has 178 valence electrons. The minimum absolute atomic E-state index is 0.0142. The van der Waals surface area contributed by atoms with Crippen LogP contribution < -0.4 is 10.6 Å². The molecule has 0 heterocycles. The Morgan fingerprint density at radius 3 is 2.26 bits per heavy atom. The maximum atomic E-state index is 12.6. The van der Waals surface area contributed by atoms with Crippen LogP contribution in [0, 0.1) is 17.8 Å². The standard InChI is InChI=1S/C27H30N2O5/c30-25(28-14-17-12-22(17)26(31)32)13-16-6-5-11-24(16)29-27(33)34-15-23-20-9-3-1-7-18(20)19-8-2-4-10-21(19)23/h1-4,7-10,16-17,22-24H,5-6,11-15H2,(H,28,30)(H,29,33)(H,31,32)/t16-,17+,22+,24+/m0/s1. The van der Waals surface area contributed by atoms with Crippen molar-refractivity contribution in [3.63, 3.8) is 0 Å². The van der Waals surface area contributed by atoms with Gasteiger partial charge in [-0.25, -0.2) is 4.79 Å². The van der Waals surface area contributed by atoms with Crippen molar-refractivity contribution in [1.29, 1.82) is 0 Å². The molecule has 3 N–H and O–H groups in total. The van der Waals surface area contributed by atoms with Gasteiger partial charge in [0.25, 0.3) is 0 Å². The second kappa shape index (κ2) is 9.49. The summed E-state index contributed by atoms with van der Waals surface area (Å²) in [5.41, 5.74) is 4.73. The van der Waals surface area contributed by atoms with Crippen LogP contribution in [-0.4, -0.2) is 42.3 Å². The molecule has 34 heavy (non-hydrogen) atoms. The van der Waals surface area contributed by atoms with Crippen LogP contribution in [0.2, 0.25) is 0 Å². The molecule has 2 aromatic rings. The fourth-order valence-corrected chi connectivity index (χ4v) is 5.59. The first-order chi connectivity index (χ1) is 16.5. The molecule has 0 aromatic heterocycles. The summed E-state index contributed by atoms with van der Waals surface area (Å²) in [4.78, 5) is 35.9. The highest BCUT2D eigenvalue weighted by molar-refractivity contribution is 5.79. The lowest BCUT2D eigenvalue weighted by atomic mass is 9.98. The lowest BCUT2D eigenvalue weighted by Gasteiger charge is -2.21. The van der Waals surface area contributed by atoms with Crippen molar-refractivity contribution in [1.82, 2.24) is 10.6 Å². The number of aliphatic carboxylic acids is 1. The molecule has 0 saturated heterocycles. The minimum atomic E-state index is -0.789. The maximum Gasteiger partial charge on any atom is 0.407 e. The van der Waals surface area contributed by atoms with E-state index >= 15 is 0 Å². The minimum Gasteiger partial charge on any atom is -0.481 e. The number of carbonyl (C=O) groups excluding carboxylic acids is 2. The van der Waals surface area contributed by atoms with E-state index in [9.17, 15) is 14.4 Å². The first kappa shape index (κ1) is 22.4. The number of carboxylic acid groups (broad SMARTS) is 1. The normalized spacial score (nSPS) is 24.7. The third-order valence-electron chi connectivity index (χ3n) is 7.55. The van der Waals surface area contributed by atoms with Gasteiger partial charge in [-0.2, -0.15) is 0 Å². The number of ether oxygens (including phenoxy) is 1. The predicted molar refractivity (Wildman–Crippen MR) is 126 cm³/mol. The third-order valence-corrected chi connectivity index (χ3v) is 7.55. The Hall–Kier alpha value is -3.35. The number of carbonyl (C=O) groups is 3. The SMILES string of the molecule is O=C(C[C@@H]1CCC[C@H]1NC(=O)OCC1c2ccccc2-c2ccccc21)NC[C@H]1C[C@H]1C(=O)O. The molecule has 0 unspecified atom stereocenters. The van der Waals surface area contributed by atoms with E-state index in [1.165, 1.54) is 22.3 Å². The highest BCUT2D eigenvalue weighted by Crippen LogP contribution is 2.44. The molecule has 0 radical (unpaired) electrons. The van der Waals surface area contributed by atoms with Crippen LogP contribution in [0.1, 0.15) is 49.1 Å². The van der Waals surface area contributed by atoms with Gasteiger partial charge in [0.2, 0.25) is 5.91 Å². The Labute approximate surface area is 198 Å². The average molecular weight is 463 g/mol. The number of benzene rings is 2. The van der Waals surface area contributed by atoms with Gasteiger partial charge in [0.15, 0.2) is 0 Å². The third kappa shape index (κ3) is 4.65. The first-order valence-corrected chi connectivity index (χ1v) is 12.1. The van der Waals surface area contributed by atoms with E-state index < -0.39 is 12.1 Å². The zero-order chi connectivity index (χ0) is 23.7. The van der Waals surface area contributed by atoms with Gasteiger partial charge in [-0.3, -0.25) is 9.59 Å². The van der Waals surface area contributed by atoms with E-state index in [-0.39, 0.29) is 42.2 Å². The summed E-state index contributed by atoms with van der Waals surface area (Å²) in [5.74, 6) is -1.07. The van der Waals surface area contributed by atoms with Crippen molar-refractivity contribution in [2.45, 2.75) is 44.1 Å². The van der Waals surface area contributed by atoms with Crippen molar-refractivity contribution >= 4 is 18.0 Å². The number of hydrogen-bond donors (Lipinski definition) is 3. The van der Waals surface area contributed by atoms with Gasteiger partial charge in [0.05, 0.1) is 5.92 Å². The van der Waals surface area contributed by atoms with Gasteiger partial charge in [-0.1, -0.05) is 55.0 Å². The summed E-state index contributed by atoms with van der Waals surface area (Å²) in [5, 5.41) is 14.8. The zero-order valence-electron chi connectivity index (χ0n) is 19.0. The van der Waals surface area contributed by atoms with E-state index in [0.717, 1.165) is 19.3 Å². The van der Waals surface area contributed by atoms with Gasteiger partial charge in [-0.15, -0.1) is 0 Å². The Bertz CT molecular complexity index is 1050. The Kier molecular flexibility index (Phi) is 6.26. The van der Waals surface area contributed by atoms with Crippen molar-refractivity contribution in [3.8, 4) is 11.1 Å². The monoisotopic (exact) mass is 462 g/mol. The molecule has 3 aliphatic carbocycles. The lowest BCUT2D eigenvalue weighted by molar-refractivity contribution is -0.139. The molecule has 7 nitrogen and oxygen atoms in total. The Morgan fingerprint density at radius 2 is 1.62 bits per heavy atom. The lowest BCUT2D eigenvalue weighted by Crippen LogP contribution is -2.40. The van der Waals surface area contributed by atoms with Gasteiger partial charge in [0, 0.05) is 24.9 Å². The molecule has 3 aliphatic rings. The second-order valence-electron chi connectivity index (χ2n) is 9.72. The zero-order valence-corrected chi connectivity index (χ0v) is 19.0. The number of fused-ring (bicyclic) bond motifs is 3. The van der Waals surface area contributed by atoms with Crippen LogP contribution in [0.25, 0.3) is 11.1 Å². The fourth-order valence-electron chi connectivity index (χ4n) is 5.59. The number of carboxylic acids is 1. The number of nitrogens with one attached hydrogen (secondary N) is 2. The number of rotatable bonds is 8. The topological polar surface area (TPSA) is 105 Å². The Balaban J connectivity index is 1.11. The molecule has 2 aromatic carbocycles. The van der Waals surface area contributed by atoms with Gasteiger partial charge < -0.3 is 20.5 Å². The maximum absolute atomic E-state index is 12.6. The number of alkyl carbamates (subject to hydrolysis) is 1. The van der Waals surface area contributed by atoms with Gasteiger partial charge in [0.1, 0.15) is 6.61 Å². The van der Waals surface area contributed by atoms with E-state index in [2.05, 4.69) is 34.9 Å². The average Bonchev–Trinajstić information content (AvgIpc) is 3.40. The van der Waals surface area contributed by atoms with Crippen LogP contribution in [-0.2, 0) is 14.3 Å². The summed E-state index contributed by atoms with van der Waals surface area (Å²) < 4.78 is 5.67. The molecule has 5 rings (SSSR count). The molecule has 0 spiro atoms. The van der Waals surface area contributed by atoms with Crippen molar-refractivity contribution in [3.05, 3.63) is 59.7 Å². The summed E-state index contributed by atoms with van der Waals surface area (Å²) >= 11 is 0. The number of hydrogen-bond acceptors (Lipinski definition) is 4. The highest BCUT2D eigenvalue weighted by Gasteiger charge is 2.43.